The van der Waals surface area contributed by atoms with E-state index in [1.807, 2.05) is 18.2 Å². The summed E-state index contributed by atoms with van der Waals surface area (Å²) in [5, 5.41) is 5.88. The molecule has 5 nitrogen and oxygen atoms in total. The van der Waals surface area contributed by atoms with Gasteiger partial charge in [-0.3, -0.25) is 9.59 Å². The molecule has 0 fully saturated rings. The average Bonchev–Trinajstić information content (AvgIpc) is 2.87. The van der Waals surface area contributed by atoms with Crippen LogP contribution in [0.3, 0.4) is 0 Å². The zero-order valence-corrected chi connectivity index (χ0v) is 12.0. The Morgan fingerprint density at radius 3 is 2.90 bits per heavy atom. The zero-order chi connectivity index (χ0) is 14.5. The minimum absolute atomic E-state index is 0.0440. The molecule has 108 valence electrons. The molecule has 0 aromatic heterocycles. The van der Waals surface area contributed by atoms with E-state index in [4.69, 9.17) is 0 Å². The number of hydrogen-bond acceptors (Lipinski definition) is 3. The van der Waals surface area contributed by atoms with Gasteiger partial charge in [-0.2, -0.15) is 0 Å². The van der Waals surface area contributed by atoms with Crippen molar-refractivity contribution >= 4 is 17.5 Å². The number of anilines is 1. The second kappa shape index (κ2) is 6.41. The number of para-hydroxylation sites is 1. The third-order valence-corrected chi connectivity index (χ3v) is 3.74. The standard InChI is InChI=1S/C15H21N3O2/c1-16-14(19)7-8-18(2)15(20)9-11-10-17-13-6-4-3-5-12(11)13/h3-6,11,17H,7-10H2,1-2H3,(H,16,19). The maximum absolute atomic E-state index is 12.2. The number of amides is 2. The van der Waals surface area contributed by atoms with Crippen molar-refractivity contribution in [3.8, 4) is 0 Å². The molecule has 1 heterocycles. The normalized spacial score (nSPS) is 16.2. The van der Waals surface area contributed by atoms with Crippen molar-refractivity contribution in [1.29, 1.82) is 0 Å². The highest BCUT2D eigenvalue weighted by Crippen LogP contribution is 2.33. The van der Waals surface area contributed by atoms with Crippen LogP contribution < -0.4 is 10.6 Å². The number of nitrogens with zero attached hydrogens (tertiary/aromatic N) is 1. The molecule has 2 rings (SSSR count). The van der Waals surface area contributed by atoms with Gasteiger partial charge in [-0.05, 0) is 11.6 Å². The summed E-state index contributed by atoms with van der Waals surface area (Å²) < 4.78 is 0. The van der Waals surface area contributed by atoms with Gasteiger partial charge in [-0.15, -0.1) is 0 Å². The molecule has 2 N–H and O–H groups in total. The molecular formula is C15H21N3O2. The maximum atomic E-state index is 12.2. The number of benzene rings is 1. The van der Waals surface area contributed by atoms with Crippen molar-refractivity contribution in [2.75, 3.05) is 32.5 Å². The Balaban J connectivity index is 1.88. The molecule has 5 heteroatoms. The number of fused-ring (bicyclic) bond motifs is 1. The highest BCUT2D eigenvalue weighted by molar-refractivity contribution is 5.80. The zero-order valence-electron chi connectivity index (χ0n) is 12.0. The van der Waals surface area contributed by atoms with Crippen molar-refractivity contribution in [2.45, 2.75) is 18.8 Å². The van der Waals surface area contributed by atoms with Gasteiger partial charge >= 0.3 is 0 Å². The van der Waals surface area contributed by atoms with Crippen LogP contribution in [0.2, 0.25) is 0 Å². The summed E-state index contributed by atoms with van der Waals surface area (Å²) in [5.41, 5.74) is 2.33. The quantitative estimate of drug-likeness (QED) is 0.848. The first-order chi connectivity index (χ1) is 9.61. The van der Waals surface area contributed by atoms with E-state index in [1.165, 1.54) is 5.56 Å². The number of nitrogens with one attached hydrogen (secondary N) is 2. The summed E-state index contributed by atoms with van der Waals surface area (Å²) in [5.74, 6) is 0.260. The molecule has 1 atom stereocenters. The predicted molar refractivity (Wildman–Crippen MR) is 78.6 cm³/mol. The first-order valence-corrected chi connectivity index (χ1v) is 6.89. The van der Waals surface area contributed by atoms with Crippen LogP contribution in [-0.4, -0.2) is 43.9 Å². The maximum Gasteiger partial charge on any atom is 0.223 e. The first-order valence-electron chi connectivity index (χ1n) is 6.89. The fourth-order valence-corrected chi connectivity index (χ4v) is 2.42. The van der Waals surface area contributed by atoms with Crippen molar-refractivity contribution in [1.82, 2.24) is 10.2 Å². The molecule has 0 aliphatic carbocycles. The first kappa shape index (κ1) is 14.4. The lowest BCUT2D eigenvalue weighted by Crippen LogP contribution is -2.32. The highest BCUT2D eigenvalue weighted by atomic mass is 16.2. The Bertz CT molecular complexity index is 502. The van der Waals surface area contributed by atoms with E-state index >= 15 is 0 Å². The Morgan fingerprint density at radius 2 is 2.15 bits per heavy atom. The molecule has 0 spiro atoms. The van der Waals surface area contributed by atoms with Crippen LogP contribution in [0.1, 0.15) is 24.3 Å². The molecule has 0 saturated carbocycles. The number of carbonyl (C=O) groups is 2. The lowest BCUT2D eigenvalue weighted by molar-refractivity contribution is -0.130. The van der Waals surface area contributed by atoms with E-state index in [9.17, 15) is 9.59 Å². The third kappa shape index (κ3) is 3.29. The number of carbonyl (C=O) groups excluding carboxylic acids is 2. The molecule has 0 radical (unpaired) electrons. The van der Waals surface area contributed by atoms with Gasteiger partial charge in [0.25, 0.3) is 0 Å². The van der Waals surface area contributed by atoms with E-state index < -0.39 is 0 Å². The molecule has 1 aromatic carbocycles. The van der Waals surface area contributed by atoms with E-state index in [0.29, 0.717) is 19.4 Å². The number of rotatable bonds is 5. The molecule has 0 bridgehead atoms. The Kier molecular flexibility index (Phi) is 4.61. The van der Waals surface area contributed by atoms with Gasteiger partial charge in [0.15, 0.2) is 0 Å². The summed E-state index contributed by atoms with van der Waals surface area (Å²) in [4.78, 5) is 25.0. The minimum Gasteiger partial charge on any atom is -0.384 e. The molecule has 1 aromatic rings. The Hall–Kier alpha value is -2.04. The Morgan fingerprint density at radius 1 is 1.40 bits per heavy atom. The van der Waals surface area contributed by atoms with Gasteiger partial charge < -0.3 is 15.5 Å². The van der Waals surface area contributed by atoms with Gasteiger partial charge in [-0.1, -0.05) is 18.2 Å². The molecule has 2 amide bonds. The van der Waals surface area contributed by atoms with E-state index in [0.717, 1.165) is 12.2 Å². The second-order valence-corrected chi connectivity index (χ2v) is 5.11. The topological polar surface area (TPSA) is 61.4 Å². The fourth-order valence-electron chi connectivity index (χ4n) is 2.42. The van der Waals surface area contributed by atoms with Crippen molar-refractivity contribution in [3.05, 3.63) is 29.8 Å². The SMILES string of the molecule is CNC(=O)CCN(C)C(=O)CC1CNc2ccccc21. The van der Waals surface area contributed by atoms with Crippen LogP contribution in [0.15, 0.2) is 24.3 Å². The third-order valence-electron chi connectivity index (χ3n) is 3.74. The monoisotopic (exact) mass is 275 g/mol. The lowest BCUT2D eigenvalue weighted by atomic mass is 9.97. The van der Waals surface area contributed by atoms with Crippen molar-refractivity contribution in [2.24, 2.45) is 0 Å². The summed E-state index contributed by atoms with van der Waals surface area (Å²) in [6.07, 6.45) is 0.826. The fraction of sp³-hybridized carbons (Fsp3) is 0.467. The predicted octanol–water partition coefficient (Wildman–Crippen LogP) is 1.18. The van der Waals surface area contributed by atoms with Gasteiger partial charge in [0.1, 0.15) is 0 Å². The van der Waals surface area contributed by atoms with E-state index in [2.05, 4.69) is 16.7 Å². The molecule has 1 unspecified atom stereocenters. The van der Waals surface area contributed by atoms with Gasteiger partial charge in [0, 0.05) is 51.6 Å². The lowest BCUT2D eigenvalue weighted by Gasteiger charge is -2.19. The molecular weight excluding hydrogens is 254 g/mol. The second-order valence-electron chi connectivity index (χ2n) is 5.11. The summed E-state index contributed by atoms with van der Waals surface area (Å²) in [6.45, 7) is 1.26. The largest absolute Gasteiger partial charge is 0.384 e. The van der Waals surface area contributed by atoms with E-state index in [-0.39, 0.29) is 17.7 Å². The molecule has 0 saturated heterocycles. The van der Waals surface area contributed by atoms with Gasteiger partial charge in [-0.25, -0.2) is 0 Å². The van der Waals surface area contributed by atoms with Gasteiger partial charge in [0.05, 0.1) is 0 Å². The van der Waals surface area contributed by atoms with Crippen LogP contribution in [0.5, 0.6) is 0 Å². The average molecular weight is 275 g/mol. The summed E-state index contributed by atoms with van der Waals surface area (Å²) in [6, 6.07) is 8.09. The van der Waals surface area contributed by atoms with Crippen LogP contribution in [0.4, 0.5) is 5.69 Å². The Labute approximate surface area is 119 Å². The number of hydrogen-bond donors (Lipinski definition) is 2. The highest BCUT2D eigenvalue weighted by Gasteiger charge is 2.25. The minimum atomic E-state index is -0.0440. The smallest absolute Gasteiger partial charge is 0.223 e. The molecule has 1 aliphatic rings. The van der Waals surface area contributed by atoms with Crippen molar-refractivity contribution < 1.29 is 9.59 Å². The summed E-state index contributed by atoms with van der Waals surface area (Å²) in [7, 11) is 3.35. The molecule has 1 aliphatic heterocycles. The van der Waals surface area contributed by atoms with Crippen LogP contribution in [0.25, 0.3) is 0 Å². The summed E-state index contributed by atoms with van der Waals surface area (Å²) >= 11 is 0. The van der Waals surface area contributed by atoms with Crippen LogP contribution >= 0.6 is 0 Å². The van der Waals surface area contributed by atoms with Crippen molar-refractivity contribution in [3.63, 3.8) is 0 Å². The van der Waals surface area contributed by atoms with E-state index in [1.54, 1.807) is 19.0 Å². The van der Waals surface area contributed by atoms with Gasteiger partial charge in [0.2, 0.25) is 11.8 Å². The van der Waals surface area contributed by atoms with Crippen LogP contribution in [-0.2, 0) is 9.59 Å². The van der Waals surface area contributed by atoms with Crippen LogP contribution in [0, 0.1) is 0 Å². The molecule has 20 heavy (non-hydrogen) atoms.